The molecule has 0 spiro atoms. The van der Waals surface area contributed by atoms with Crippen molar-refractivity contribution >= 4 is 21.6 Å². The molecule has 2 N–H and O–H groups in total. The highest BCUT2D eigenvalue weighted by atomic mass is 32.2. The molecule has 5 heteroatoms. The smallest absolute Gasteiger partial charge is 0.175 e. The van der Waals surface area contributed by atoms with E-state index < -0.39 is 9.84 Å². The van der Waals surface area contributed by atoms with Crippen molar-refractivity contribution in [3.05, 3.63) is 24.3 Å². The number of hydrogen-bond acceptors (Lipinski definition) is 4. The lowest BCUT2D eigenvalue weighted by Gasteiger charge is -2.23. The van der Waals surface area contributed by atoms with Gasteiger partial charge in [-0.05, 0) is 49.6 Å². The molecule has 0 bridgehead atoms. The van der Waals surface area contributed by atoms with Gasteiger partial charge in [-0.1, -0.05) is 19.3 Å². The first-order chi connectivity index (χ1) is 9.50. The first-order valence-corrected chi connectivity index (χ1v) is 9.94. The molecule has 0 amide bonds. The van der Waals surface area contributed by atoms with Crippen molar-refractivity contribution in [1.29, 1.82) is 0 Å². The number of sulfone groups is 1. The molecule has 1 aliphatic rings. The van der Waals surface area contributed by atoms with Crippen molar-refractivity contribution in [2.75, 3.05) is 12.8 Å². The number of nitrogens with two attached hydrogens (primary N) is 1. The summed E-state index contributed by atoms with van der Waals surface area (Å²) in [6.45, 7) is 0.749. The van der Waals surface area contributed by atoms with Gasteiger partial charge in [-0.25, -0.2) is 8.42 Å². The van der Waals surface area contributed by atoms with E-state index in [0.717, 1.165) is 11.4 Å². The minimum absolute atomic E-state index is 0.387. The summed E-state index contributed by atoms with van der Waals surface area (Å²) in [5.74, 6) is 0.581. The molecule has 20 heavy (non-hydrogen) atoms. The molecule has 0 heterocycles. The van der Waals surface area contributed by atoms with Crippen molar-refractivity contribution in [3.63, 3.8) is 0 Å². The Morgan fingerprint density at radius 3 is 2.40 bits per heavy atom. The van der Waals surface area contributed by atoms with Crippen molar-refractivity contribution in [3.8, 4) is 0 Å². The molecule has 0 aliphatic heterocycles. The molecule has 2 unspecified atom stereocenters. The monoisotopic (exact) mass is 313 g/mol. The van der Waals surface area contributed by atoms with Crippen LogP contribution in [0.4, 0.5) is 0 Å². The van der Waals surface area contributed by atoms with Crippen LogP contribution in [0.15, 0.2) is 34.1 Å². The summed E-state index contributed by atoms with van der Waals surface area (Å²) in [5, 5.41) is 0.562. The molecule has 1 aromatic rings. The van der Waals surface area contributed by atoms with Crippen LogP contribution in [0.2, 0.25) is 0 Å². The van der Waals surface area contributed by atoms with Gasteiger partial charge in [0, 0.05) is 16.4 Å². The number of benzene rings is 1. The van der Waals surface area contributed by atoms with E-state index >= 15 is 0 Å². The number of hydrogen-bond donors (Lipinski definition) is 1. The van der Waals surface area contributed by atoms with Gasteiger partial charge in [-0.3, -0.25) is 0 Å². The van der Waals surface area contributed by atoms with Crippen LogP contribution in [0.3, 0.4) is 0 Å². The molecule has 1 aliphatic carbocycles. The Labute approximate surface area is 126 Å². The minimum atomic E-state index is -3.10. The van der Waals surface area contributed by atoms with E-state index in [0.29, 0.717) is 16.1 Å². The Morgan fingerprint density at radius 1 is 1.15 bits per heavy atom. The zero-order chi connectivity index (χ0) is 14.6. The van der Waals surface area contributed by atoms with Gasteiger partial charge in [0.15, 0.2) is 9.84 Å². The van der Waals surface area contributed by atoms with Crippen molar-refractivity contribution < 1.29 is 8.42 Å². The predicted molar refractivity (Wildman–Crippen MR) is 84.8 cm³/mol. The Balaban J connectivity index is 2.08. The normalized spacial score (nSPS) is 24.3. The van der Waals surface area contributed by atoms with Gasteiger partial charge in [-0.2, -0.15) is 0 Å². The van der Waals surface area contributed by atoms with Gasteiger partial charge in [-0.15, -0.1) is 11.8 Å². The molecule has 2 rings (SSSR count). The lowest BCUT2D eigenvalue weighted by atomic mass is 10.0. The highest BCUT2D eigenvalue weighted by Gasteiger charge is 2.23. The lowest BCUT2D eigenvalue weighted by molar-refractivity contribution is 0.483. The fourth-order valence-corrected chi connectivity index (χ4v) is 4.71. The van der Waals surface area contributed by atoms with Crippen LogP contribution < -0.4 is 5.73 Å². The van der Waals surface area contributed by atoms with E-state index in [2.05, 4.69) is 0 Å². The van der Waals surface area contributed by atoms with E-state index in [1.165, 1.54) is 38.4 Å². The Morgan fingerprint density at radius 2 is 1.80 bits per heavy atom. The quantitative estimate of drug-likeness (QED) is 0.868. The average molecular weight is 313 g/mol. The Bertz CT molecular complexity index is 525. The van der Waals surface area contributed by atoms with Crippen molar-refractivity contribution in [1.82, 2.24) is 0 Å². The molecule has 3 nitrogen and oxygen atoms in total. The van der Waals surface area contributed by atoms with Gasteiger partial charge in [0.25, 0.3) is 0 Å². The maximum Gasteiger partial charge on any atom is 0.175 e. The third kappa shape index (κ3) is 4.24. The van der Waals surface area contributed by atoms with Crippen LogP contribution in [-0.4, -0.2) is 26.5 Å². The number of thioether (sulfide) groups is 1. The fraction of sp³-hybridized carbons (Fsp3) is 0.600. The molecule has 0 radical (unpaired) electrons. The van der Waals surface area contributed by atoms with Crippen LogP contribution in [-0.2, 0) is 9.84 Å². The Kier molecular flexibility index (Phi) is 5.52. The molecule has 0 aromatic heterocycles. The summed E-state index contributed by atoms with van der Waals surface area (Å²) in [6.07, 6.45) is 7.53. The molecule has 1 saturated carbocycles. The third-order valence-electron chi connectivity index (χ3n) is 3.93. The standard InChI is InChI=1S/C15H23NO2S2/c1-20(17,18)14-9-7-13(8-10-14)19-15-6-4-2-3-5-12(15)11-16/h7-10,12,15H,2-6,11,16H2,1H3. The highest BCUT2D eigenvalue weighted by Crippen LogP contribution is 2.36. The summed E-state index contributed by atoms with van der Waals surface area (Å²) >= 11 is 1.86. The molecular weight excluding hydrogens is 290 g/mol. The van der Waals surface area contributed by atoms with Gasteiger partial charge < -0.3 is 5.73 Å². The average Bonchev–Trinajstić information content (AvgIpc) is 2.63. The van der Waals surface area contributed by atoms with E-state index in [1.807, 2.05) is 23.9 Å². The number of rotatable bonds is 4. The maximum absolute atomic E-state index is 11.5. The van der Waals surface area contributed by atoms with Crippen LogP contribution >= 0.6 is 11.8 Å². The molecule has 1 fully saturated rings. The minimum Gasteiger partial charge on any atom is -0.330 e. The van der Waals surface area contributed by atoms with Gasteiger partial charge in [0.05, 0.1) is 4.90 Å². The summed E-state index contributed by atoms with van der Waals surface area (Å²) in [5.41, 5.74) is 5.91. The summed E-state index contributed by atoms with van der Waals surface area (Å²) < 4.78 is 22.9. The maximum atomic E-state index is 11.5. The summed E-state index contributed by atoms with van der Waals surface area (Å²) in [7, 11) is -3.10. The Hall–Kier alpha value is -0.520. The topological polar surface area (TPSA) is 60.2 Å². The first-order valence-electron chi connectivity index (χ1n) is 7.17. The first kappa shape index (κ1) is 15.9. The molecular formula is C15H23NO2S2. The summed E-state index contributed by atoms with van der Waals surface area (Å²) in [4.78, 5) is 1.53. The van der Waals surface area contributed by atoms with Crippen LogP contribution in [0.1, 0.15) is 32.1 Å². The second-order valence-electron chi connectivity index (χ2n) is 5.53. The van der Waals surface area contributed by atoms with Crippen molar-refractivity contribution in [2.24, 2.45) is 11.7 Å². The van der Waals surface area contributed by atoms with Crippen LogP contribution in [0, 0.1) is 5.92 Å². The van der Waals surface area contributed by atoms with E-state index in [9.17, 15) is 8.42 Å². The lowest BCUT2D eigenvalue weighted by Crippen LogP contribution is -2.24. The zero-order valence-electron chi connectivity index (χ0n) is 11.9. The molecule has 112 valence electrons. The highest BCUT2D eigenvalue weighted by molar-refractivity contribution is 8.00. The fourth-order valence-electron chi connectivity index (χ4n) is 2.72. The van der Waals surface area contributed by atoms with Crippen LogP contribution in [0.25, 0.3) is 0 Å². The van der Waals surface area contributed by atoms with Gasteiger partial charge in [0.1, 0.15) is 0 Å². The summed E-state index contributed by atoms with van der Waals surface area (Å²) in [6, 6.07) is 7.23. The molecule has 2 atom stereocenters. The zero-order valence-corrected chi connectivity index (χ0v) is 13.6. The van der Waals surface area contributed by atoms with E-state index in [1.54, 1.807) is 12.1 Å². The van der Waals surface area contributed by atoms with Crippen molar-refractivity contribution in [2.45, 2.75) is 47.1 Å². The predicted octanol–water partition coefficient (Wildman–Crippen LogP) is 3.09. The van der Waals surface area contributed by atoms with E-state index in [4.69, 9.17) is 5.73 Å². The SMILES string of the molecule is CS(=O)(=O)c1ccc(SC2CCCCCC2CN)cc1. The van der Waals surface area contributed by atoms with Gasteiger partial charge >= 0.3 is 0 Å². The largest absolute Gasteiger partial charge is 0.330 e. The second kappa shape index (κ2) is 6.96. The van der Waals surface area contributed by atoms with Gasteiger partial charge in [0.2, 0.25) is 0 Å². The molecule has 0 saturated heterocycles. The molecule has 1 aromatic carbocycles. The second-order valence-corrected chi connectivity index (χ2v) is 8.86. The van der Waals surface area contributed by atoms with E-state index in [-0.39, 0.29) is 0 Å². The van der Waals surface area contributed by atoms with Crippen LogP contribution in [0.5, 0.6) is 0 Å². The third-order valence-corrected chi connectivity index (χ3v) is 6.53.